The first kappa shape index (κ1) is 11.3. The molecule has 1 saturated heterocycles. The first-order valence-electron chi connectivity index (χ1n) is 6.31. The van der Waals surface area contributed by atoms with Crippen LogP contribution in [0.1, 0.15) is 12.1 Å². The molecule has 0 saturated carbocycles. The smallest absolute Gasteiger partial charge is 0.107 e. The van der Waals surface area contributed by atoms with Crippen molar-refractivity contribution in [2.45, 2.75) is 12.8 Å². The highest BCUT2D eigenvalue weighted by molar-refractivity contribution is 5.51. The van der Waals surface area contributed by atoms with E-state index in [1.807, 2.05) is 30.2 Å². The summed E-state index contributed by atoms with van der Waals surface area (Å²) in [6.45, 7) is 2.23. The Hall–Kier alpha value is -1.75. The summed E-state index contributed by atoms with van der Waals surface area (Å²) in [7, 11) is 1.96. The van der Waals surface area contributed by atoms with E-state index in [0.29, 0.717) is 5.92 Å². The summed E-state index contributed by atoms with van der Waals surface area (Å²) in [5.74, 6) is 0.710. The van der Waals surface area contributed by atoms with Crippen LogP contribution in [0.5, 0.6) is 0 Å². The normalized spacial score (nSPS) is 19.3. The van der Waals surface area contributed by atoms with Crippen molar-refractivity contribution in [1.82, 2.24) is 24.8 Å². The van der Waals surface area contributed by atoms with Crippen molar-refractivity contribution in [3.63, 3.8) is 0 Å². The third-order valence-electron chi connectivity index (χ3n) is 3.44. The zero-order chi connectivity index (χ0) is 12.4. The zero-order valence-electron chi connectivity index (χ0n) is 10.5. The molecule has 0 amide bonds. The Labute approximate surface area is 106 Å². The molecule has 1 aliphatic rings. The molecule has 3 rings (SSSR count). The van der Waals surface area contributed by atoms with Crippen molar-refractivity contribution < 1.29 is 0 Å². The van der Waals surface area contributed by atoms with Gasteiger partial charge in [-0.15, -0.1) is 0 Å². The average Bonchev–Trinajstić information content (AvgIpc) is 3.02. The first-order chi connectivity index (χ1) is 8.83. The van der Waals surface area contributed by atoms with Crippen molar-refractivity contribution in [3.05, 3.63) is 30.6 Å². The van der Waals surface area contributed by atoms with Gasteiger partial charge in [-0.1, -0.05) is 0 Å². The van der Waals surface area contributed by atoms with Crippen molar-refractivity contribution in [1.29, 1.82) is 0 Å². The minimum absolute atomic E-state index is 0.710. The molecular formula is C13H17N5. The highest BCUT2D eigenvalue weighted by atomic mass is 15.0. The van der Waals surface area contributed by atoms with E-state index < -0.39 is 0 Å². The van der Waals surface area contributed by atoms with Crippen molar-refractivity contribution in [2.24, 2.45) is 13.0 Å². The molecular weight excluding hydrogens is 226 g/mol. The van der Waals surface area contributed by atoms with E-state index in [1.165, 1.54) is 6.42 Å². The molecule has 2 aromatic rings. The number of aromatic nitrogens is 4. The van der Waals surface area contributed by atoms with E-state index in [-0.39, 0.29) is 0 Å². The van der Waals surface area contributed by atoms with E-state index in [9.17, 15) is 0 Å². The number of nitrogens with one attached hydrogen (secondary N) is 1. The summed E-state index contributed by atoms with van der Waals surface area (Å²) in [5, 5.41) is 3.37. The van der Waals surface area contributed by atoms with Gasteiger partial charge in [0.1, 0.15) is 5.69 Å². The van der Waals surface area contributed by atoms with Crippen LogP contribution in [0.3, 0.4) is 0 Å². The van der Waals surface area contributed by atoms with E-state index >= 15 is 0 Å². The van der Waals surface area contributed by atoms with Crippen LogP contribution in [0.25, 0.3) is 11.4 Å². The monoisotopic (exact) mass is 243 g/mol. The van der Waals surface area contributed by atoms with Gasteiger partial charge in [0.05, 0.1) is 30.1 Å². The molecule has 1 N–H and O–H groups in total. The van der Waals surface area contributed by atoms with Gasteiger partial charge in [-0.2, -0.15) is 0 Å². The summed E-state index contributed by atoms with van der Waals surface area (Å²) >= 11 is 0. The minimum atomic E-state index is 0.710. The molecule has 2 aromatic heterocycles. The fraction of sp³-hybridized carbons (Fsp3) is 0.462. The largest absolute Gasteiger partial charge is 0.332 e. The maximum Gasteiger partial charge on any atom is 0.107 e. The van der Waals surface area contributed by atoms with Crippen LogP contribution in [-0.2, 0) is 13.5 Å². The lowest BCUT2D eigenvalue weighted by atomic mass is 10.0. The number of nitrogens with zero attached hydrogens (tertiary/aromatic N) is 4. The van der Waals surface area contributed by atoms with Gasteiger partial charge < -0.3 is 9.88 Å². The number of rotatable bonds is 3. The summed E-state index contributed by atoms with van der Waals surface area (Å²) in [6, 6.07) is 0. The summed E-state index contributed by atoms with van der Waals surface area (Å²) in [5.41, 5.74) is 2.95. The van der Waals surface area contributed by atoms with Gasteiger partial charge in [0, 0.05) is 13.2 Å². The molecule has 0 radical (unpaired) electrons. The predicted molar refractivity (Wildman–Crippen MR) is 68.9 cm³/mol. The average molecular weight is 243 g/mol. The van der Waals surface area contributed by atoms with Crippen molar-refractivity contribution >= 4 is 0 Å². The van der Waals surface area contributed by atoms with E-state index in [4.69, 9.17) is 0 Å². The lowest BCUT2D eigenvalue weighted by Crippen LogP contribution is -2.11. The zero-order valence-corrected chi connectivity index (χ0v) is 10.5. The van der Waals surface area contributed by atoms with Crippen LogP contribution in [-0.4, -0.2) is 32.6 Å². The van der Waals surface area contributed by atoms with E-state index in [1.54, 1.807) is 6.33 Å². The van der Waals surface area contributed by atoms with Gasteiger partial charge in [-0.05, 0) is 31.8 Å². The molecule has 0 unspecified atom stereocenters. The molecule has 0 aliphatic carbocycles. The molecule has 5 nitrogen and oxygen atoms in total. The molecule has 5 heteroatoms. The van der Waals surface area contributed by atoms with Gasteiger partial charge >= 0.3 is 0 Å². The number of hydrogen-bond donors (Lipinski definition) is 1. The number of imidazole rings is 1. The van der Waals surface area contributed by atoms with Gasteiger partial charge in [-0.3, -0.25) is 9.97 Å². The second-order valence-corrected chi connectivity index (χ2v) is 4.85. The molecule has 18 heavy (non-hydrogen) atoms. The molecule has 0 aromatic carbocycles. The van der Waals surface area contributed by atoms with Crippen LogP contribution in [0.4, 0.5) is 0 Å². The van der Waals surface area contributed by atoms with Gasteiger partial charge in [-0.25, -0.2) is 4.98 Å². The number of hydrogen-bond acceptors (Lipinski definition) is 4. The molecule has 1 atom stereocenters. The fourth-order valence-corrected chi connectivity index (χ4v) is 2.38. The minimum Gasteiger partial charge on any atom is -0.332 e. The topological polar surface area (TPSA) is 55.6 Å². The third-order valence-corrected chi connectivity index (χ3v) is 3.44. The summed E-state index contributed by atoms with van der Waals surface area (Å²) < 4.78 is 1.95. The highest BCUT2D eigenvalue weighted by Gasteiger charge is 2.15. The molecule has 0 bridgehead atoms. The predicted octanol–water partition coefficient (Wildman–Crippen LogP) is 1.03. The second-order valence-electron chi connectivity index (χ2n) is 4.85. The maximum atomic E-state index is 4.51. The first-order valence-corrected chi connectivity index (χ1v) is 6.31. The van der Waals surface area contributed by atoms with E-state index in [0.717, 1.165) is 36.6 Å². The highest BCUT2D eigenvalue weighted by Crippen LogP contribution is 2.16. The molecule has 94 valence electrons. The Kier molecular flexibility index (Phi) is 3.06. The number of aryl methyl sites for hydroxylation is 1. The molecule has 1 fully saturated rings. The van der Waals surface area contributed by atoms with Crippen molar-refractivity contribution in [3.8, 4) is 11.4 Å². The Balaban J connectivity index is 1.74. The van der Waals surface area contributed by atoms with Gasteiger partial charge in [0.2, 0.25) is 0 Å². The van der Waals surface area contributed by atoms with Crippen LogP contribution in [0.15, 0.2) is 24.9 Å². The van der Waals surface area contributed by atoms with Crippen LogP contribution < -0.4 is 5.32 Å². The van der Waals surface area contributed by atoms with Crippen molar-refractivity contribution in [2.75, 3.05) is 13.1 Å². The fourth-order valence-electron chi connectivity index (χ4n) is 2.38. The molecule has 3 heterocycles. The lowest BCUT2D eigenvalue weighted by molar-refractivity contribution is 0.570. The Bertz CT molecular complexity index is 510. The summed E-state index contributed by atoms with van der Waals surface area (Å²) in [6.07, 6.45) is 9.58. The molecule has 1 aliphatic heterocycles. The standard InChI is InChI=1S/C13H17N5/c1-18-9-15-8-13(18)12-7-16-11(6-17-12)4-10-2-3-14-5-10/h6-10,14H,2-5H2,1H3/t10-/m1/s1. The van der Waals surface area contributed by atoms with Crippen LogP contribution in [0.2, 0.25) is 0 Å². The quantitative estimate of drug-likeness (QED) is 0.874. The Morgan fingerprint density at radius 2 is 2.28 bits per heavy atom. The second kappa shape index (κ2) is 4.86. The Morgan fingerprint density at radius 3 is 2.89 bits per heavy atom. The Morgan fingerprint density at radius 1 is 1.33 bits per heavy atom. The van der Waals surface area contributed by atoms with Gasteiger partial charge in [0.15, 0.2) is 0 Å². The van der Waals surface area contributed by atoms with Crippen LogP contribution >= 0.6 is 0 Å². The summed E-state index contributed by atoms with van der Waals surface area (Å²) in [4.78, 5) is 13.1. The maximum absolute atomic E-state index is 4.51. The van der Waals surface area contributed by atoms with Gasteiger partial charge in [0.25, 0.3) is 0 Å². The van der Waals surface area contributed by atoms with E-state index in [2.05, 4.69) is 20.3 Å². The SMILES string of the molecule is Cn1cncc1-c1cnc(C[C@H]2CCNC2)cn1. The third kappa shape index (κ3) is 2.26. The molecule has 0 spiro atoms. The lowest BCUT2D eigenvalue weighted by Gasteiger charge is -2.07. The van der Waals surface area contributed by atoms with Crippen LogP contribution in [0, 0.1) is 5.92 Å².